The number of nitrogens with zero attached hydrogens (tertiary/aromatic N) is 3. The zero-order valence-electron chi connectivity index (χ0n) is 15.1. The van der Waals surface area contributed by atoms with E-state index in [1.54, 1.807) is 12.1 Å². The molecule has 1 aromatic rings. The number of halogens is 1. The molecule has 26 heavy (non-hydrogen) atoms. The van der Waals surface area contributed by atoms with Crippen LogP contribution in [-0.2, 0) is 0 Å². The van der Waals surface area contributed by atoms with Crippen molar-refractivity contribution in [3.8, 4) is 0 Å². The van der Waals surface area contributed by atoms with E-state index in [4.69, 9.17) is 23.1 Å². The average Bonchev–Trinajstić information content (AvgIpc) is 2.55. The van der Waals surface area contributed by atoms with E-state index in [1.807, 2.05) is 24.8 Å². The van der Waals surface area contributed by atoms with E-state index in [1.165, 1.54) is 0 Å². The molecule has 2 aliphatic rings. The third kappa shape index (κ3) is 3.49. The van der Waals surface area contributed by atoms with E-state index in [9.17, 15) is 4.79 Å². The lowest BCUT2D eigenvalue weighted by Crippen LogP contribution is -2.58. The van der Waals surface area contributed by atoms with Crippen LogP contribution in [0.1, 0.15) is 56.3 Å². The van der Waals surface area contributed by atoms with Gasteiger partial charge in [-0.3, -0.25) is 9.69 Å². The molecule has 0 bridgehead atoms. The lowest BCUT2D eigenvalue weighted by molar-refractivity contribution is 0.0943. The fraction of sp³-hybridized carbons (Fsp3) is 0.500. The molecule has 0 saturated heterocycles. The Morgan fingerprint density at radius 1 is 1.27 bits per heavy atom. The van der Waals surface area contributed by atoms with E-state index in [0.717, 1.165) is 37.8 Å². The van der Waals surface area contributed by atoms with Crippen molar-refractivity contribution in [3.05, 3.63) is 28.8 Å². The van der Waals surface area contributed by atoms with Gasteiger partial charge in [-0.1, -0.05) is 18.0 Å². The first-order valence-corrected chi connectivity index (χ1v) is 9.30. The van der Waals surface area contributed by atoms with E-state index in [0.29, 0.717) is 10.6 Å². The highest BCUT2D eigenvalue weighted by atomic mass is 35.5. The number of anilines is 1. The van der Waals surface area contributed by atoms with Gasteiger partial charge in [-0.05, 0) is 57.7 Å². The minimum atomic E-state index is -0.548. The Bertz CT molecular complexity index is 767. The number of amides is 1. The smallest absolute Gasteiger partial charge is 0.253 e. The number of hydrogen-bond donors (Lipinski definition) is 3. The molecule has 0 aromatic heterocycles. The summed E-state index contributed by atoms with van der Waals surface area (Å²) >= 11 is 6.26. The fourth-order valence-corrected chi connectivity index (χ4v) is 3.86. The van der Waals surface area contributed by atoms with Crippen LogP contribution in [0.2, 0.25) is 5.02 Å². The van der Waals surface area contributed by atoms with Crippen LogP contribution in [0, 0.1) is 0 Å². The van der Waals surface area contributed by atoms with Gasteiger partial charge in [0.05, 0.1) is 10.6 Å². The van der Waals surface area contributed by atoms with Crippen LogP contribution in [0.5, 0.6) is 0 Å². The molecular formula is C18H25ClN6O. The largest absolute Gasteiger partial charge is 0.369 e. The van der Waals surface area contributed by atoms with Crippen molar-refractivity contribution in [2.75, 3.05) is 4.90 Å². The van der Waals surface area contributed by atoms with Crippen molar-refractivity contribution in [1.82, 2.24) is 5.32 Å². The summed E-state index contributed by atoms with van der Waals surface area (Å²) in [5, 5.41) is 3.26. The summed E-state index contributed by atoms with van der Waals surface area (Å²) < 4.78 is 0. The average molecular weight is 377 g/mol. The summed E-state index contributed by atoms with van der Waals surface area (Å²) in [4.78, 5) is 23.2. The molecule has 0 radical (unpaired) electrons. The second-order valence-electron chi connectivity index (χ2n) is 7.11. The summed E-state index contributed by atoms with van der Waals surface area (Å²) in [6.07, 6.45) is 4.90. The van der Waals surface area contributed by atoms with Crippen LogP contribution in [0.25, 0.3) is 0 Å². The first kappa shape index (κ1) is 18.5. The van der Waals surface area contributed by atoms with Crippen molar-refractivity contribution in [1.29, 1.82) is 0 Å². The van der Waals surface area contributed by atoms with Crippen molar-refractivity contribution in [2.45, 2.75) is 57.7 Å². The Morgan fingerprint density at radius 3 is 2.62 bits per heavy atom. The Labute approximate surface area is 158 Å². The van der Waals surface area contributed by atoms with E-state index >= 15 is 0 Å². The number of nitrogens with one attached hydrogen (secondary N) is 1. The van der Waals surface area contributed by atoms with Gasteiger partial charge in [0, 0.05) is 11.7 Å². The summed E-state index contributed by atoms with van der Waals surface area (Å²) in [6.45, 7) is 3.80. The molecule has 1 aliphatic carbocycles. The van der Waals surface area contributed by atoms with Gasteiger partial charge in [-0.2, -0.15) is 4.99 Å². The van der Waals surface area contributed by atoms with E-state index in [-0.39, 0.29) is 23.9 Å². The SMILES string of the molecule is CC(C)NC(=O)c1cc(N2C(N)=NC(N)=NC23CCCCC3)ccc1Cl. The molecule has 1 aromatic carbocycles. The van der Waals surface area contributed by atoms with Gasteiger partial charge in [-0.15, -0.1) is 0 Å². The van der Waals surface area contributed by atoms with Crippen LogP contribution in [0.3, 0.4) is 0 Å². The molecule has 1 spiro atoms. The number of carbonyl (C=O) groups excluding carboxylic acids is 1. The summed E-state index contributed by atoms with van der Waals surface area (Å²) in [6, 6.07) is 5.30. The Balaban J connectivity index is 2.03. The molecule has 1 saturated carbocycles. The van der Waals surface area contributed by atoms with Gasteiger partial charge in [0.25, 0.3) is 5.91 Å². The molecule has 1 fully saturated rings. The maximum Gasteiger partial charge on any atom is 0.253 e. The minimum absolute atomic E-state index is 0.0120. The molecule has 5 N–H and O–H groups in total. The van der Waals surface area contributed by atoms with Gasteiger partial charge in [0.1, 0.15) is 5.66 Å². The molecular weight excluding hydrogens is 352 g/mol. The van der Waals surface area contributed by atoms with Gasteiger partial charge in [-0.25, -0.2) is 4.99 Å². The predicted octanol–water partition coefficient (Wildman–Crippen LogP) is 2.59. The van der Waals surface area contributed by atoms with Crippen LogP contribution < -0.4 is 21.7 Å². The number of benzene rings is 1. The van der Waals surface area contributed by atoms with Crippen LogP contribution in [-0.4, -0.2) is 29.5 Å². The van der Waals surface area contributed by atoms with Crippen LogP contribution in [0.4, 0.5) is 5.69 Å². The Morgan fingerprint density at radius 2 is 1.96 bits per heavy atom. The zero-order chi connectivity index (χ0) is 18.9. The second kappa shape index (κ2) is 7.15. The molecule has 0 atom stereocenters. The Kier molecular flexibility index (Phi) is 5.09. The Hall–Kier alpha value is -2.28. The van der Waals surface area contributed by atoms with Crippen molar-refractivity contribution in [3.63, 3.8) is 0 Å². The number of hydrogen-bond acceptors (Lipinski definition) is 6. The van der Waals surface area contributed by atoms with Gasteiger partial charge >= 0.3 is 0 Å². The van der Waals surface area contributed by atoms with E-state index < -0.39 is 5.66 Å². The summed E-state index contributed by atoms with van der Waals surface area (Å²) in [5.74, 6) is 0.268. The first-order chi connectivity index (χ1) is 12.3. The molecule has 1 amide bonds. The maximum absolute atomic E-state index is 12.5. The highest BCUT2D eigenvalue weighted by Crippen LogP contribution is 2.40. The number of nitrogens with two attached hydrogens (primary N) is 2. The zero-order valence-corrected chi connectivity index (χ0v) is 15.9. The monoisotopic (exact) mass is 376 g/mol. The first-order valence-electron chi connectivity index (χ1n) is 8.92. The lowest BCUT2D eigenvalue weighted by Gasteiger charge is -2.45. The topological polar surface area (TPSA) is 109 Å². The second-order valence-corrected chi connectivity index (χ2v) is 7.52. The number of aliphatic imine (C=N–C) groups is 2. The van der Waals surface area contributed by atoms with Crippen molar-refractivity contribution in [2.24, 2.45) is 21.5 Å². The van der Waals surface area contributed by atoms with Crippen molar-refractivity contribution < 1.29 is 4.79 Å². The van der Waals surface area contributed by atoms with Gasteiger partial charge in [0.15, 0.2) is 0 Å². The number of rotatable bonds is 3. The highest BCUT2D eigenvalue weighted by Gasteiger charge is 2.42. The lowest BCUT2D eigenvalue weighted by atomic mass is 9.87. The number of carbonyl (C=O) groups is 1. The summed E-state index contributed by atoms with van der Waals surface area (Å²) in [7, 11) is 0. The highest BCUT2D eigenvalue weighted by molar-refractivity contribution is 6.34. The molecule has 140 valence electrons. The van der Waals surface area contributed by atoms with E-state index in [2.05, 4.69) is 15.3 Å². The minimum Gasteiger partial charge on any atom is -0.369 e. The quantitative estimate of drug-likeness (QED) is 0.753. The molecule has 0 unspecified atom stereocenters. The van der Waals surface area contributed by atoms with Gasteiger partial charge in [0.2, 0.25) is 11.9 Å². The van der Waals surface area contributed by atoms with Crippen LogP contribution in [0.15, 0.2) is 28.2 Å². The van der Waals surface area contributed by atoms with Crippen molar-refractivity contribution >= 4 is 35.1 Å². The summed E-state index contributed by atoms with van der Waals surface area (Å²) in [5.41, 5.74) is 12.7. The standard InChI is InChI=1S/C18H25ClN6O/c1-11(2)22-15(26)13-10-12(6-7-14(13)19)25-17(21)23-16(20)24-18(25)8-4-3-5-9-18/h6-7,10-11H,3-5,8-9H2,1-2H3,(H,22,26)(H4,20,21,23,24). The maximum atomic E-state index is 12.5. The fourth-order valence-electron chi connectivity index (χ4n) is 3.66. The number of guanidine groups is 2. The third-order valence-electron chi connectivity index (χ3n) is 4.72. The molecule has 3 rings (SSSR count). The molecule has 8 heteroatoms. The predicted molar refractivity (Wildman–Crippen MR) is 106 cm³/mol. The van der Waals surface area contributed by atoms with Crippen LogP contribution >= 0.6 is 11.6 Å². The molecule has 1 heterocycles. The third-order valence-corrected chi connectivity index (χ3v) is 5.05. The van der Waals surface area contributed by atoms with Gasteiger partial charge < -0.3 is 16.8 Å². The molecule has 7 nitrogen and oxygen atoms in total. The molecule has 1 aliphatic heterocycles. The normalized spacial score (nSPS) is 19.3.